The van der Waals surface area contributed by atoms with E-state index in [0.717, 1.165) is 18.5 Å². The minimum atomic E-state index is -0.849. The molecule has 3 N–H and O–H groups in total. The predicted octanol–water partition coefficient (Wildman–Crippen LogP) is 1.14. The van der Waals surface area contributed by atoms with Crippen LogP contribution in [0.5, 0.6) is 0 Å². The Morgan fingerprint density at radius 1 is 1.19 bits per heavy atom. The normalized spacial score (nSPS) is 11.7. The lowest BCUT2D eigenvalue weighted by Crippen LogP contribution is -2.10. The minimum absolute atomic E-state index is 0.0339. The third-order valence-corrected chi connectivity index (χ3v) is 1.83. The Labute approximate surface area is 96.2 Å². The van der Waals surface area contributed by atoms with Crippen molar-refractivity contribution in [3.63, 3.8) is 0 Å². The number of ether oxygens (including phenoxy) is 2. The number of rotatable bonds is 10. The molecule has 0 aliphatic carbocycles. The lowest BCUT2D eigenvalue weighted by atomic mass is 10.3. The van der Waals surface area contributed by atoms with Crippen molar-refractivity contribution in [1.82, 2.24) is 0 Å². The maximum atomic E-state index is 10.1. The van der Waals surface area contributed by atoms with Gasteiger partial charge in [0.25, 0.3) is 0 Å². The second-order valence-electron chi connectivity index (χ2n) is 3.31. The molecule has 0 radical (unpaired) electrons. The van der Waals surface area contributed by atoms with Crippen molar-refractivity contribution in [2.45, 2.75) is 26.2 Å². The molecule has 0 bridgehead atoms. The molecule has 0 spiro atoms. The lowest BCUT2D eigenvalue weighted by molar-refractivity contribution is -0.138. The molecule has 16 heavy (non-hydrogen) atoms. The van der Waals surface area contributed by atoms with Crippen LogP contribution in [0.3, 0.4) is 0 Å². The van der Waals surface area contributed by atoms with Gasteiger partial charge in [-0.3, -0.25) is 4.79 Å². The van der Waals surface area contributed by atoms with Crippen LogP contribution in [0.1, 0.15) is 26.2 Å². The number of carbonyl (C=O) groups is 1. The molecule has 0 fully saturated rings. The highest BCUT2D eigenvalue weighted by molar-refractivity contribution is 5.66. The summed E-state index contributed by atoms with van der Waals surface area (Å²) < 4.78 is 10.3. The molecule has 0 heterocycles. The van der Waals surface area contributed by atoms with Crippen molar-refractivity contribution < 1.29 is 19.4 Å². The van der Waals surface area contributed by atoms with E-state index in [2.05, 4.69) is 0 Å². The number of carboxylic acid groups (broad SMARTS) is 1. The molecule has 0 rings (SSSR count). The van der Waals surface area contributed by atoms with E-state index in [1.165, 1.54) is 0 Å². The molecule has 5 heteroatoms. The molecular formula is C11H21NO4. The highest BCUT2D eigenvalue weighted by Gasteiger charge is 1.96. The number of hydrogen-bond donors (Lipinski definition) is 2. The molecule has 5 nitrogen and oxygen atoms in total. The van der Waals surface area contributed by atoms with Gasteiger partial charge < -0.3 is 20.3 Å². The largest absolute Gasteiger partial charge is 0.481 e. The first-order valence-electron chi connectivity index (χ1n) is 5.48. The SMILES string of the molecule is CC/C=C(/N)CCOCCOCCC(=O)O. The second kappa shape index (κ2) is 10.4. The maximum absolute atomic E-state index is 10.1. The number of allylic oxidation sites excluding steroid dienone is 1. The quantitative estimate of drug-likeness (QED) is 0.551. The van der Waals surface area contributed by atoms with E-state index in [0.29, 0.717) is 19.8 Å². The highest BCUT2D eigenvalue weighted by Crippen LogP contribution is 1.95. The first-order chi connectivity index (χ1) is 7.66. The van der Waals surface area contributed by atoms with E-state index in [4.69, 9.17) is 20.3 Å². The van der Waals surface area contributed by atoms with Gasteiger partial charge in [0.15, 0.2) is 0 Å². The van der Waals surface area contributed by atoms with Gasteiger partial charge in [-0.2, -0.15) is 0 Å². The summed E-state index contributed by atoms with van der Waals surface area (Å²) >= 11 is 0. The van der Waals surface area contributed by atoms with Crippen molar-refractivity contribution in [1.29, 1.82) is 0 Å². The molecule has 0 amide bonds. The van der Waals surface area contributed by atoms with Crippen LogP contribution in [0.4, 0.5) is 0 Å². The molecule has 0 unspecified atom stereocenters. The van der Waals surface area contributed by atoms with Crippen LogP contribution in [0, 0.1) is 0 Å². The van der Waals surface area contributed by atoms with Gasteiger partial charge in [-0.1, -0.05) is 13.0 Å². The molecule has 0 aromatic carbocycles. The smallest absolute Gasteiger partial charge is 0.305 e. The van der Waals surface area contributed by atoms with Gasteiger partial charge >= 0.3 is 5.97 Å². The van der Waals surface area contributed by atoms with Crippen LogP contribution in [0.15, 0.2) is 11.8 Å². The lowest BCUT2D eigenvalue weighted by Gasteiger charge is -2.05. The first kappa shape index (κ1) is 14.9. The highest BCUT2D eigenvalue weighted by atomic mass is 16.5. The molecule has 0 saturated carbocycles. The number of carboxylic acids is 1. The standard InChI is InChI=1S/C11H21NO4/c1-2-3-10(12)4-6-15-8-9-16-7-5-11(13)14/h3H,2,4-9,12H2,1H3,(H,13,14)/b10-3+. The third kappa shape index (κ3) is 11.0. The molecule has 94 valence electrons. The fourth-order valence-corrected chi connectivity index (χ4v) is 1.04. The van der Waals surface area contributed by atoms with Crippen LogP contribution >= 0.6 is 0 Å². The fraction of sp³-hybridized carbons (Fsp3) is 0.727. The Hall–Kier alpha value is -1.07. The Morgan fingerprint density at radius 2 is 1.75 bits per heavy atom. The number of aliphatic carboxylic acids is 1. The maximum Gasteiger partial charge on any atom is 0.305 e. The van der Waals surface area contributed by atoms with Crippen LogP contribution in [0.25, 0.3) is 0 Å². The van der Waals surface area contributed by atoms with E-state index in [1.807, 2.05) is 13.0 Å². The van der Waals surface area contributed by atoms with Gasteiger partial charge in [0, 0.05) is 12.1 Å². The second-order valence-corrected chi connectivity index (χ2v) is 3.31. The van der Waals surface area contributed by atoms with Crippen molar-refractivity contribution in [3.8, 4) is 0 Å². The van der Waals surface area contributed by atoms with E-state index in [9.17, 15) is 4.79 Å². The summed E-state index contributed by atoms with van der Waals surface area (Å²) in [6, 6.07) is 0. The van der Waals surface area contributed by atoms with Crippen molar-refractivity contribution in [2.24, 2.45) is 5.73 Å². The van der Waals surface area contributed by atoms with Crippen molar-refractivity contribution >= 4 is 5.97 Å². The third-order valence-electron chi connectivity index (χ3n) is 1.83. The van der Waals surface area contributed by atoms with Crippen molar-refractivity contribution in [2.75, 3.05) is 26.4 Å². The molecule has 0 atom stereocenters. The first-order valence-corrected chi connectivity index (χ1v) is 5.48. The summed E-state index contributed by atoms with van der Waals surface area (Å²) in [6.07, 6.45) is 3.66. The molecule has 0 aliphatic heterocycles. The zero-order valence-corrected chi connectivity index (χ0v) is 9.78. The molecule has 0 aromatic heterocycles. The average molecular weight is 231 g/mol. The van der Waals surface area contributed by atoms with E-state index < -0.39 is 5.97 Å². The van der Waals surface area contributed by atoms with Gasteiger partial charge in [-0.25, -0.2) is 0 Å². The summed E-state index contributed by atoms with van der Waals surface area (Å²) in [7, 11) is 0. The van der Waals surface area contributed by atoms with Crippen LogP contribution < -0.4 is 5.73 Å². The topological polar surface area (TPSA) is 81.8 Å². The summed E-state index contributed by atoms with van der Waals surface area (Å²) in [5.74, 6) is -0.849. The van der Waals surface area contributed by atoms with Crippen LogP contribution in [-0.4, -0.2) is 37.5 Å². The Bertz CT molecular complexity index is 216. The van der Waals surface area contributed by atoms with E-state index in [1.54, 1.807) is 0 Å². The minimum Gasteiger partial charge on any atom is -0.481 e. The van der Waals surface area contributed by atoms with Gasteiger partial charge in [0.05, 0.1) is 32.8 Å². The van der Waals surface area contributed by atoms with Gasteiger partial charge in [-0.05, 0) is 6.42 Å². The van der Waals surface area contributed by atoms with Crippen LogP contribution in [-0.2, 0) is 14.3 Å². The predicted molar refractivity (Wildman–Crippen MR) is 61.1 cm³/mol. The zero-order valence-electron chi connectivity index (χ0n) is 9.78. The summed E-state index contributed by atoms with van der Waals surface area (Å²) in [5.41, 5.74) is 6.51. The van der Waals surface area contributed by atoms with Gasteiger partial charge in [0.1, 0.15) is 0 Å². The molecule has 0 aromatic rings. The Balaban J connectivity index is 3.15. The Kier molecular flexibility index (Phi) is 9.75. The van der Waals surface area contributed by atoms with Crippen LogP contribution in [0.2, 0.25) is 0 Å². The number of nitrogens with two attached hydrogens (primary N) is 1. The van der Waals surface area contributed by atoms with Gasteiger partial charge in [-0.15, -0.1) is 0 Å². The zero-order chi connectivity index (χ0) is 12.2. The number of hydrogen-bond acceptors (Lipinski definition) is 4. The van der Waals surface area contributed by atoms with Gasteiger partial charge in [0.2, 0.25) is 0 Å². The monoisotopic (exact) mass is 231 g/mol. The summed E-state index contributed by atoms with van der Waals surface area (Å²) in [6.45, 7) is 3.73. The van der Waals surface area contributed by atoms with E-state index >= 15 is 0 Å². The molecule has 0 saturated heterocycles. The average Bonchev–Trinajstić information content (AvgIpc) is 2.22. The molecular weight excluding hydrogens is 210 g/mol. The van der Waals surface area contributed by atoms with E-state index in [-0.39, 0.29) is 13.0 Å². The molecule has 0 aliphatic rings. The summed E-state index contributed by atoms with van der Waals surface area (Å²) in [5, 5.41) is 8.33. The Morgan fingerprint density at radius 3 is 2.25 bits per heavy atom. The summed E-state index contributed by atoms with van der Waals surface area (Å²) in [4.78, 5) is 10.1. The van der Waals surface area contributed by atoms with Crippen molar-refractivity contribution in [3.05, 3.63) is 11.8 Å². The fourth-order valence-electron chi connectivity index (χ4n) is 1.04.